The van der Waals surface area contributed by atoms with Crippen molar-refractivity contribution in [3.8, 4) is 11.4 Å². The predicted molar refractivity (Wildman–Crippen MR) is 156 cm³/mol. The molecule has 0 saturated carbocycles. The largest absolute Gasteiger partial charge is 0.497 e. The van der Waals surface area contributed by atoms with E-state index in [9.17, 15) is 4.79 Å². The molecule has 5 aromatic rings. The molecule has 0 spiro atoms. The fourth-order valence-electron chi connectivity index (χ4n) is 5.21. The Morgan fingerprint density at radius 1 is 0.875 bits per heavy atom. The highest BCUT2D eigenvalue weighted by molar-refractivity contribution is 5.95. The number of piperazine rings is 1. The van der Waals surface area contributed by atoms with Crippen LogP contribution < -0.4 is 9.64 Å². The maximum absolute atomic E-state index is 13.2. The Kier molecular flexibility index (Phi) is 6.90. The topological polar surface area (TPSA) is 76.4 Å². The summed E-state index contributed by atoms with van der Waals surface area (Å²) in [6, 6.07) is 25.9. The van der Waals surface area contributed by atoms with Crippen molar-refractivity contribution in [2.24, 2.45) is 0 Å². The molecule has 1 saturated heterocycles. The van der Waals surface area contributed by atoms with Crippen molar-refractivity contribution < 1.29 is 9.53 Å². The number of ether oxygens (including phenoxy) is 1. The van der Waals surface area contributed by atoms with Gasteiger partial charge in [-0.2, -0.15) is 5.10 Å². The standard InChI is InChI=1S/C32H32N6O2/c1-22-12-14-24(15-13-22)20-28-33-30(29-23(2)35-38(31(29)34-28)26-9-5-4-6-10-26)36-16-18-37(19-17-36)32(39)25-8-7-11-27(21-25)40-3/h4-15,21H,16-20H2,1-3H3. The summed E-state index contributed by atoms with van der Waals surface area (Å²) in [6.45, 7) is 6.63. The molecule has 8 heteroatoms. The number of aryl methyl sites for hydroxylation is 2. The predicted octanol–water partition coefficient (Wildman–Crippen LogP) is 4.99. The molecule has 3 heterocycles. The number of para-hydroxylation sites is 1. The Balaban J connectivity index is 1.34. The fourth-order valence-corrected chi connectivity index (χ4v) is 5.21. The monoisotopic (exact) mass is 532 g/mol. The molecule has 40 heavy (non-hydrogen) atoms. The van der Waals surface area contributed by atoms with E-state index in [-0.39, 0.29) is 5.91 Å². The second kappa shape index (κ2) is 10.8. The van der Waals surface area contributed by atoms with Crippen LogP contribution in [0.3, 0.4) is 0 Å². The van der Waals surface area contributed by atoms with Crippen LogP contribution in [0, 0.1) is 13.8 Å². The van der Waals surface area contributed by atoms with E-state index >= 15 is 0 Å². The molecule has 0 aliphatic carbocycles. The summed E-state index contributed by atoms with van der Waals surface area (Å²) in [5, 5.41) is 5.83. The summed E-state index contributed by atoms with van der Waals surface area (Å²) in [7, 11) is 1.61. The number of benzene rings is 3. The molecule has 0 bridgehead atoms. The van der Waals surface area contributed by atoms with Crippen molar-refractivity contribution in [1.82, 2.24) is 24.6 Å². The summed E-state index contributed by atoms with van der Waals surface area (Å²) < 4.78 is 7.23. The second-order valence-electron chi connectivity index (χ2n) is 10.2. The summed E-state index contributed by atoms with van der Waals surface area (Å²) in [4.78, 5) is 27.5. The van der Waals surface area contributed by atoms with Crippen LogP contribution in [0.15, 0.2) is 78.9 Å². The Labute approximate surface area is 233 Å². The molecule has 2 aromatic heterocycles. The molecule has 1 aliphatic rings. The van der Waals surface area contributed by atoms with Crippen molar-refractivity contribution >= 4 is 22.8 Å². The lowest BCUT2D eigenvalue weighted by Crippen LogP contribution is -2.49. The first kappa shape index (κ1) is 25.6. The third-order valence-electron chi connectivity index (χ3n) is 7.40. The van der Waals surface area contributed by atoms with E-state index in [4.69, 9.17) is 19.8 Å². The highest BCUT2D eigenvalue weighted by Crippen LogP contribution is 2.30. The number of aromatic nitrogens is 4. The van der Waals surface area contributed by atoms with E-state index < -0.39 is 0 Å². The lowest BCUT2D eigenvalue weighted by atomic mass is 10.1. The highest BCUT2D eigenvalue weighted by Gasteiger charge is 2.27. The summed E-state index contributed by atoms with van der Waals surface area (Å²) in [6.07, 6.45) is 0.622. The van der Waals surface area contributed by atoms with Crippen LogP contribution >= 0.6 is 0 Å². The lowest BCUT2D eigenvalue weighted by Gasteiger charge is -2.36. The Hall–Kier alpha value is -4.72. The van der Waals surface area contributed by atoms with Crippen LogP contribution in [0.5, 0.6) is 5.75 Å². The van der Waals surface area contributed by atoms with E-state index in [0.717, 1.165) is 39.6 Å². The summed E-state index contributed by atoms with van der Waals surface area (Å²) in [5.74, 6) is 2.32. The van der Waals surface area contributed by atoms with Crippen LogP contribution in [0.25, 0.3) is 16.7 Å². The average molecular weight is 533 g/mol. The molecular weight excluding hydrogens is 500 g/mol. The molecule has 1 aliphatic heterocycles. The molecular formula is C32H32N6O2. The normalized spacial score (nSPS) is 13.6. The van der Waals surface area contributed by atoms with E-state index in [0.29, 0.717) is 43.9 Å². The van der Waals surface area contributed by atoms with Gasteiger partial charge in [0.2, 0.25) is 0 Å². The van der Waals surface area contributed by atoms with Crippen LogP contribution in [0.4, 0.5) is 5.82 Å². The summed E-state index contributed by atoms with van der Waals surface area (Å²) in [5.41, 5.74) is 5.65. The SMILES string of the molecule is COc1cccc(C(=O)N2CCN(c3nc(Cc4ccc(C)cc4)nc4c3c(C)nn4-c3ccccc3)CC2)c1. The molecule has 0 N–H and O–H groups in total. The van der Waals surface area contributed by atoms with Gasteiger partial charge in [-0.05, 0) is 49.7 Å². The smallest absolute Gasteiger partial charge is 0.254 e. The number of nitrogens with zero attached hydrogens (tertiary/aromatic N) is 6. The zero-order valence-corrected chi connectivity index (χ0v) is 23.0. The Morgan fingerprint density at radius 3 is 2.35 bits per heavy atom. The number of anilines is 1. The van der Waals surface area contributed by atoms with Crippen molar-refractivity contribution in [3.63, 3.8) is 0 Å². The van der Waals surface area contributed by atoms with Gasteiger partial charge in [-0.1, -0.05) is 54.1 Å². The van der Waals surface area contributed by atoms with Gasteiger partial charge in [0.05, 0.1) is 23.9 Å². The average Bonchev–Trinajstić information content (AvgIpc) is 3.34. The molecule has 3 aromatic carbocycles. The van der Waals surface area contributed by atoms with Crippen LogP contribution in [0.1, 0.15) is 33.0 Å². The summed E-state index contributed by atoms with van der Waals surface area (Å²) >= 11 is 0. The van der Waals surface area contributed by atoms with Gasteiger partial charge in [-0.15, -0.1) is 0 Å². The van der Waals surface area contributed by atoms with Gasteiger partial charge >= 0.3 is 0 Å². The van der Waals surface area contributed by atoms with Gasteiger partial charge in [0.1, 0.15) is 17.4 Å². The van der Waals surface area contributed by atoms with Crippen molar-refractivity contribution in [3.05, 3.63) is 107 Å². The first-order valence-corrected chi connectivity index (χ1v) is 13.6. The molecule has 1 amide bonds. The van der Waals surface area contributed by atoms with Gasteiger partial charge in [0, 0.05) is 38.2 Å². The van der Waals surface area contributed by atoms with Gasteiger partial charge in [-0.25, -0.2) is 14.6 Å². The van der Waals surface area contributed by atoms with Crippen LogP contribution in [0.2, 0.25) is 0 Å². The Morgan fingerprint density at radius 2 is 1.62 bits per heavy atom. The molecule has 0 radical (unpaired) electrons. The van der Waals surface area contributed by atoms with Gasteiger partial charge < -0.3 is 14.5 Å². The third-order valence-corrected chi connectivity index (χ3v) is 7.40. The number of hydrogen-bond donors (Lipinski definition) is 0. The number of amides is 1. The number of rotatable bonds is 6. The van der Waals surface area contributed by atoms with Crippen molar-refractivity contribution in [2.45, 2.75) is 20.3 Å². The van der Waals surface area contributed by atoms with Gasteiger partial charge in [0.25, 0.3) is 5.91 Å². The molecule has 0 atom stereocenters. The quantitative estimate of drug-likeness (QED) is 0.307. The fraction of sp³-hybridized carbons (Fsp3) is 0.250. The minimum absolute atomic E-state index is 0.0134. The number of fused-ring (bicyclic) bond motifs is 1. The zero-order valence-electron chi connectivity index (χ0n) is 23.0. The van der Waals surface area contributed by atoms with Crippen molar-refractivity contribution in [1.29, 1.82) is 0 Å². The molecule has 6 rings (SSSR count). The minimum atomic E-state index is 0.0134. The number of methoxy groups -OCH3 is 1. The Bertz CT molecular complexity index is 1650. The van der Waals surface area contributed by atoms with Gasteiger partial charge in [-0.3, -0.25) is 4.79 Å². The van der Waals surface area contributed by atoms with E-state index in [1.807, 2.05) is 65.0 Å². The van der Waals surface area contributed by atoms with Crippen molar-refractivity contribution in [2.75, 3.05) is 38.2 Å². The van der Waals surface area contributed by atoms with Crippen LogP contribution in [-0.4, -0.2) is 63.8 Å². The minimum Gasteiger partial charge on any atom is -0.497 e. The second-order valence-corrected chi connectivity index (χ2v) is 10.2. The first-order valence-electron chi connectivity index (χ1n) is 13.6. The van der Waals surface area contributed by atoms with Crippen LogP contribution in [-0.2, 0) is 6.42 Å². The van der Waals surface area contributed by atoms with E-state index in [1.54, 1.807) is 13.2 Å². The number of carbonyl (C=O) groups excluding carboxylic acids is 1. The first-order chi connectivity index (χ1) is 19.5. The highest BCUT2D eigenvalue weighted by atomic mass is 16.5. The third kappa shape index (κ3) is 5.00. The zero-order chi connectivity index (χ0) is 27.6. The lowest BCUT2D eigenvalue weighted by molar-refractivity contribution is 0.0746. The molecule has 0 unspecified atom stereocenters. The molecule has 1 fully saturated rings. The maximum Gasteiger partial charge on any atom is 0.254 e. The number of carbonyl (C=O) groups is 1. The number of hydrogen-bond acceptors (Lipinski definition) is 6. The molecule has 8 nitrogen and oxygen atoms in total. The van der Waals surface area contributed by atoms with E-state index in [1.165, 1.54) is 5.56 Å². The van der Waals surface area contributed by atoms with E-state index in [2.05, 4.69) is 36.1 Å². The maximum atomic E-state index is 13.2. The molecule has 202 valence electrons. The van der Waals surface area contributed by atoms with Gasteiger partial charge in [0.15, 0.2) is 5.65 Å².